The fourth-order valence-electron chi connectivity index (χ4n) is 2.50. The van der Waals surface area contributed by atoms with Crippen LogP contribution in [0, 0.1) is 18.3 Å². The first-order chi connectivity index (χ1) is 11.7. The molecular weight excluding hydrogens is 298 g/mol. The second-order valence-corrected chi connectivity index (χ2v) is 5.66. The number of hydrogen-bond donors (Lipinski definition) is 1. The van der Waals surface area contributed by atoms with Gasteiger partial charge in [-0.3, -0.25) is 0 Å². The summed E-state index contributed by atoms with van der Waals surface area (Å²) in [4.78, 5) is 7.75. The van der Waals surface area contributed by atoms with E-state index in [2.05, 4.69) is 23.0 Å². The number of benzene rings is 2. The first kappa shape index (κ1) is 15.8. The Balaban J connectivity index is 2.01. The largest absolute Gasteiger partial charge is 0.493 e. The van der Waals surface area contributed by atoms with Gasteiger partial charge in [-0.25, -0.2) is 4.98 Å². The lowest BCUT2D eigenvalue weighted by Gasteiger charge is -2.08. The molecule has 0 unspecified atom stereocenters. The summed E-state index contributed by atoms with van der Waals surface area (Å²) in [6.07, 6.45) is 2.75. The molecule has 1 N–H and O–H groups in total. The minimum absolute atomic E-state index is 0.483. The standard InChI is InChI=1S/C20H19N3O/c1-3-10-24-19-7-5-4-6-15(19)12-16(13-21)20-22-17-9-8-14(2)11-18(17)23-20/h4-9,11-12H,3,10H2,1-2H3,(H,22,23). The molecule has 4 nitrogen and oxygen atoms in total. The molecule has 1 aromatic heterocycles. The summed E-state index contributed by atoms with van der Waals surface area (Å²) in [6, 6.07) is 15.9. The number of allylic oxidation sites excluding steroid dienone is 1. The number of nitrogens with one attached hydrogen (secondary N) is 1. The lowest BCUT2D eigenvalue weighted by Crippen LogP contribution is -1.97. The van der Waals surface area contributed by atoms with E-state index >= 15 is 0 Å². The molecule has 0 atom stereocenters. The number of para-hydroxylation sites is 1. The molecule has 3 aromatic rings. The van der Waals surface area contributed by atoms with Gasteiger partial charge in [0.15, 0.2) is 0 Å². The van der Waals surface area contributed by atoms with Crippen LogP contribution in [-0.4, -0.2) is 16.6 Å². The van der Waals surface area contributed by atoms with Gasteiger partial charge in [0.25, 0.3) is 0 Å². The Morgan fingerprint density at radius 3 is 2.92 bits per heavy atom. The Morgan fingerprint density at radius 1 is 1.29 bits per heavy atom. The van der Waals surface area contributed by atoms with Gasteiger partial charge in [0.05, 0.1) is 23.2 Å². The number of H-pyrrole nitrogens is 1. The number of nitrogens with zero attached hydrogens (tertiary/aromatic N) is 2. The molecule has 0 bridgehead atoms. The average molecular weight is 317 g/mol. The summed E-state index contributed by atoms with van der Waals surface area (Å²) in [7, 11) is 0. The summed E-state index contributed by atoms with van der Waals surface area (Å²) < 4.78 is 5.76. The molecule has 3 rings (SSSR count). The quantitative estimate of drug-likeness (QED) is 0.692. The van der Waals surface area contributed by atoms with E-state index in [-0.39, 0.29) is 0 Å². The highest BCUT2D eigenvalue weighted by Gasteiger charge is 2.09. The molecule has 0 aliphatic carbocycles. The molecule has 0 spiro atoms. The zero-order valence-corrected chi connectivity index (χ0v) is 13.8. The van der Waals surface area contributed by atoms with E-state index in [0.29, 0.717) is 18.0 Å². The van der Waals surface area contributed by atoms with Crippen molar-refractivity contribution in [2.75, 3.05) is 6.61 Å². The molecule has 4 heteroatoms. The monoisotopic (exact) mass is 317 g/mol. The van der Waals surface area contributed by atoms with Crippen molar-refractivity contribution in [2.45, 2.75) is 20.3 Å². The lowest BCUT2D eigenvalue weighted by atomic mass is 10.1. The minimum atomic E-state index is 0.483. The van der Waals surface area contributed by atoms with Crippen LogP contribution in [0.1, 0.15) is 30.3 Å². The van der Waals surface area contributed by atoms with Crippen LogP contribution >= 0.6 is 0 Å². The van der Waals surface area contributed by atoms with Crippen molar-refractivity contribution in [3.05, 3.63) is 59.4 Å². The zero-order valence-electron chi connectivity index (χ0n) is 13.8. The highest BCUT2D eigenvalue weighted by molar-refractivity contribution is 5.91. The molecule has 1 heterocycles. The van der Waals surface area contributed by atoms with Crippen LogP contribution in [0.2, 0.25) is 0 Å². The topological polar surface area (TPSA) is 61.7 Å². The summed E-state index contributed by atoms with van der Waals surface area (Å²) >= 11 is 0. The van der Waals surface area contributed by atoms with Crippen molar-refractivity contribution >= 4 is 22.7 Å². The molecule has 0 aliphatic rings. The van der Waals surface area contributed by atoms with Gasteiger partial charge in [-0.2, -0.15) is 5.26 Å². The zero-order chi connectivity index (χ0) is 16.9. The molecule has 0 saturated heterocycles. The second-order valence-electron chi connectivity index (χ2n) is 5.66. The van der Waals surface area contributed by atoms with Crippen molar-refractivity contribution in [1.29, 1.82) is 5.26 Å². The Morgan fingerprint density at radius 2 is 2.12 bits per heavy atom. The number of rotatable bonds is 5. The van der Waals surface area contributed by atoms with Gasteiger partial charge >= 0.3 is 0 Å². The van der Waals surface area contributed by atoms with E-state index in [1.807, 2.05) is 55.5 Å². The highest BCUT2D eigenvalue weighted by Crippen LogP contribution is 2.25. The normalized spacial score (nSPS) is 11.5. The maximum absolute atomic E-state index is 9.57. The van der Waals surface area contributed by atoms with E-state index in [4.69, 9.17) is 4.74 Å². The van der Waals surface area contributed by atoms with Crippen molar-refractivity contribution in [3.63, 3.8) is 0 Å². The molecule has 0 radical (unpaired) electrons. The number of fused-ring (bicyclic) bond motifs is 1. The Bertz CT molecular complexity index is 931. The molecule has 0 amide bonds. The molecule has 0 aliphatic heterocycles. The Labute approximate surface area is 141 Å². The minimum Gasteiger partial charge on any atom is -0.493 e. The molecule has 2 aromatic carbocycles. The maximum atomic E-state index is 9.57. The number of ether oxygens (including phenoxy) is 1. The number of aryl methyl sites for hydroxylation is 1. The molecular formula is C20H19N3O. The van der Waals surface area contributed by atoms with Gasteiger partial charge in [0, 0.05) is 5.56 Å². The Kier molecular flexibility index (Phi) is 4.62. The van der Waals surface area contributed by atoms with Gasteiger partial charge in [0.2, 0.25) is 0 Å². The van der Waals surface area contributed by atoms with Gasteiger partial charge in [-0.1, -0.05) is 31.2 Å². The number of nitriles is 1. The van der Waals surface area contributed by atoms with Crippen molar-refractivity contribution in [3.8, 4) is 11.8 Å². The van der Waals surface area contributed by atoms with Gasteiger partial charge in [0.1, 0.15) is 17.6 Å². The highest BCUT2D eigenvalue weighted by atomic mass is 16.5. The van der Waals surface area contributed by atoms with Crippen LogP contribution in [0.4, 0.5) is 0 Å². The number of imidazole rings is 1. The first-order valence-electron chi connectivity index (χ1n) is 8.01. The summed E-state index contributed by atoms with van der Waals surface area (Å²) in [5.74, 6) is 1.35. The summed E-state index contributed by atoms with van der Waals surface area (Å²) in [5.41, 5.74) is 4.29. The van der Waals surface area contributed by atoms with E-state index < -0.39 is 0 Å². The van der Waals surface area contributed by atoms with Crippen LogP contribution in [0.25, 0.3) is 22.7 Å². The summed E-state index contributed by atoms with van der Waals surface area (Å²) in [6.45, 7) is 4.74. The number of hydrogen-bond acceptors (Lipinski definition) is 3. The first-order valence-corrected chi connectivity index (χ1v) is 8.01. The molecule has 24 heavy (non-hydrogen) atoms. The third-order valence-corrected chi connectivity index (χ3v) is 3.69. The Hall–Kier alpha value is -3.06. The second kappa shape index (κ2) is 7.01. The SMILES string of the molecule is CCCOc1ccccc1C=C(C#N)c1nc2ccc(C)cc2[nH]1. The smallest absolute Gasteiger partial charge is 0.149 e. The van der Waals surface area contributed by atoms with Gasteiger partial charge in [-0.15, -0.1) is 0 Å². The molecule has 0 saturated carbocycles. The summed E-state index contributed by atoms with van der Waals surface area (Å²) in [5, 5.41) is 9.57. The van der Waals surface area contributed by atoms with Crippen LogP contribution in [-0.2, 0) is 0 Å². The van der Waals surface area contributed by atoms with E-state index in [1.54, 1.807) is 0 Å². The van der Waals surface area contributed by atoms with Crippen molar-refractivity contribution < 1.29 is 4.74 Å². The fraction of sp³-hybridized carbons (Fsp3) is 0.200. The third kappa shape index (κ3) is 3.31. The maximum Gasteiger partial charge on any atom is 0.149 e. The molecule has 0 fully saturated rings. The van der Waals surface area contributed by atoms with Crippen LogP contribution in [0.5, 0.6) is 5.75 Å². The van der Waals surface area contributed by atoms with Crippen molar-refractivity contribution in [2.24, 2.45) is 0 Å². The van der Waals surface area contributed by atoms with E-state index in [1.165, 1.54) is 0 Å². The predicted octanol–water partition coefficient (Wildman–Crippen LogP) is 4.72. The number of aromatic nitrogens is 2. The van der Waals surface area contributed by atoms with Crippen LogP contribution in [0.3, 0.4) is 0 Å². The third-order valence-electron chi connectivity index (χ3n) is 3.69. The average Bonchev–Trinajstić information content (AvgIpc) is 3.01. The van der Waals surface area contributed by atoms with Crippen LogP contribution in [0.15, 0.2) is 42.5 Å². The van der Waals surface area contributed by atoms with E-state index in [0.717, 1.165) is 34.3 Å². The van der Waals surface area contributed by atoms with Gasteiger partial charge in [-0.05, 0) is 43.2 Å². The van der Waals surface area contributed by atoms with Gasteiger partial charge < -0.3 is 9.72 Å². The predicted molar refractivity (Wildman–Crippen MR) is 96.5 cm³/mol. The lowest BCUT2D eigenvalue weighted by molar-refractivity contribution is 0.317. The fourth-order valence-corrected chi connectivity index (χ4v) is 2.50. The molecule has 120 valence electrons. The van der Waals surface area contributed by atoms with Crippen molar-refractivity contribution in [1.82, 2.24) is 9.97 Å². The van der Waals surface area contributed by atoms with Crippen LogP contribution < -0.4 is 4.74 Å². The van der Waals surface area contributed by atoms with E-state index in [9.17, 15) is 5.26 Å². The number of aromatic amines is 1.